The first-order valence-corrected chi connectivity index (χ1v) is 9.79. The van der Waals surface area contributed by atoms with Crippen molar-refractivity contribution in [3.8, 4) is 22.6 Å². The smallest absolute Gasteiger partial charge is 0.224 e. The Balaban J connectivity index is 1.95. The number of furan rings is 1. The van der Waals surface area contributed by atoms with Crippen LogP contribution in [0, 0.1) is 10.8 Å². The molecule has 0 saturated heterocycles. The monoisotopic (exact) mass is 419 g/mol. The van der Waals surface area contributed by atoms with Crippen LogP contribution in [0.2, 0.25) is 0 Å². The number of hydrogen-bond donors (Lipinski definition) is 6. The van der Waals surface area contributed by atoms with Gasteiger partial charge >= 0.3 is 0 Å². The van der Waals surface area contributed by atoms with Crippen LogP contribution in [0.3, 0.4) is 0 Å². The molecule has 8 N–H and O–H groups in total. The van der Waals surface area contributed by atoms with Crippen LogP contribution in [0.1, 0.15) is 23.1 Å². The molecule has 1 amide bonds. The van der Waals surface area contributed by atoms with Gasteiger partial charge in [-0.2, -0.15) is 0 Å². The van der Waals surface area contributed by atoms with E-state index in [0.717, 1.165) is 11.1 Å². The number of nitrogens with one attached hydrogen (secondary N) is 3. The van der Waals surface area contributed by atoms with Crippen LogP contribution in [0.5, 0.6) is 0 Å². The van der Waals surface area contributed by atoms with E-state index in [1.807, 2.05) is 18.2 Å². The van der Waals surface area contributed by atoms with Crippen molar-refractivity contribution in [3.05, 3.63) is 71.3 Å². The number of amidine groups is 2. The van der Waals surface area contributed by atoms with Gasteiger partial charge in [0.15, 0.2) is 0 Å². The summed E-state index contributed by atoms with van der Waals surface area (Å²) in [6.07, 6.45) is 0.606. The fourth-order valence-corrected chi connectivity index (χ4v) is 3.10. The largest absolute Gasteiger partial charge is 0.456 e. The SMILES string of the molecule is N=C(N)c1ccc(-c2cc(CC(=O)NCCCO)c(-c3ccc(C(=N)N)cc3)o2)cc1. The maximum atomic E-state index is 12.4. The predicted octanol–water partition coefficient (Wildman–Crippen LogP) is 2.22. The second-order valence-corrected chi connectivity index (χ2v) is 7.05. The van der Waals surface area contributed by atoms with Gasteiger partial charge in [0, 0.05) is 41.0 Å². The van der Waals surface area contributed by atoms with E-state index in [2.05, 4.69) is 5.32 Å². The van der Waals surface area contributed by atoms with Gasteiger partial charge in [0.1, 0.15) is 23.2 Å². The third-order valence-electron chi connectivity index (χ3n) is 4.76. The van der Waals surface area contributed by atoms with Crippen LogP contribution in [0.4, 0.5) is 0 Å². The molecule has 0 saturated carbocycles. The summed E-state index contributed by atoms with van der Waals surface area (Å²) >= 11 is 0. The van der Waals surface area contributed by atoms with Crippen molar-refractivity contribution >= 4 is 17.6 Å². The molecule has 8 heteroatoms. The average Bonchev–Trinajstić information content (AvgIpc) is 3.17. The van der Waals surface area contributed by atoms with E-state index in [4.69, 9.17) is 31.8 Å². The molecule has 0 radical (unpaired) electrons. The summed E-state index contributed by atoms with van der Waals surface area (Å²) in [5.41, 5.74) is 14.5. The van der Waals surface area contributed by atoms with E-state index >= 15 is 0 Å². The predicted molar refractivity (Wildman–Crippen MR) is 120 cm³/mol. The zero-order valence-electron chi connectivity index (χ0n) is 16.9. The first-order valence-electron chi connectivity index (χ1n) is 9.79. The summed E-state index contributed by atoms with van der Waals surface area (Å²) in [4.78, 5) is 12.4. The Labute approximate surface area is 179 Å². The highest BCUT2D eigenvalue weighted by atomic mass is 16.3. The van der Waals surface area contributed by atoms with E-state index in [-0.39, 0.29) is 30.6 Å². The van der Waals surface area contributed by atoms with Gasteiger partial charge < -0.3 is 26.3 Å². The third kappa shape index (κ3) is 5.37. The van der Waals surface area contributed by atoms with Gasteiger partial charge in [-0.15, -0.1) is 0 Å². The molecule has 3 aromatic rings. The van der Waals surface area contributed by atoms with E-state index < -0.39 is 0 Å². The number of rotatable bonds is 9. The Bertz CT molecular complexity index is 1090. The maximum Gasteiger partial charge on any atom is 0.224 e. The summed E-state index contributed by atoms with van der Waals surface area (Å²) in [7, 11) is 0. The lowest BCUT2D eigenvalue weighted by Crippen LogP contribution is -2.26. The van der Waals surface area contributed by atoms with Gasteiger partial charge in [0.25, 0.3) is 0 Å². The van der Waals surface area contributed by atoms with Gasteiger partial charge in [0.05, 0.1) is 6.42 Å². The number of aliphatic hydroxyl groups excluding tert-OH is 1. The molecule has 3 rings (SSSR count). The average molecular weight is 419 g/mol. The number of aliphatic hydroxyl groups is 1. The molecule has 0 atom stereocenters. The van der Waals surface area contributed by atoms with Crippen molar-refractivity contribution in [2.24, 2.45) is 11.5 Å². The van der Waals surface area contributed by atoms with Crippen LogP contribution in [0.25, 0.3) is 22.6 Å². The second-order valence-electron chi connectivity index (χ2n) is 7.05. The third-order valence-corrected chi connectivity index (χ3v) is 4.76. The topological polar surface area (TPSA) is 162 Å². The number of carbonyl (C=O) groups excluding carboxylic acids is 1. The molecule has 0 spiro atoms. The van der Waals surface area contributed by atoms with Gasteiger partial charge in [-0.25, -0.2) is 0 Å². The molecule has 31 heavy (non-hydrogen) atoms. The Morgan fingerprint density at radius 1 is 0.935 bits per heavy atom. The number of nitrogens with two attached hydrogens (primary N) is 2. The molecule has 2 aromatic carbocycles. The molecule has 0 fully saturated rings. The Morgan fingerprint density at radius 3 is 2.00 bits per heavy atom. The molecule has 160 valence electrons. The van der Waals surface area contributed by atoms with Gasteiger partial charge in [-0.05, 0) is 12.5 Å². The highest BCUT2D eigenvalue weighted by molar-refractivity contribution is 5.96. The maximum absolute atomic E-state index is 12.4. The van der Waals surface area contributed by atoms with Crippen LogP contribution in [-0.4, -0.2) is 35.8 Å². The Hall–Kier alpha value is -3.91. The van der Waals surface area contributed by atoms with Crippen molar-refractivity contribution < 1.29 is 14.3 Å². The lowest BCUT2D eigenvalue weighted by Gasteiger charge is -2.06. The van der Waals surface area contributed by atoms with Crippen LogP contribution >= 0.6 is 0 Å². The summed E-state index contributed by atoms with van der Waals surface area (Å²) in [5.74, 6) is 0.921. The molecule has 0 aliphatic carbocycles. The van der Waals surface area contributed by atoms with Crippen LogP contribution in [0.15, 0.2) is 59.0 Å². The van der Waals surface area contributed by atoms with E-state index in [9.17, 15) is 4.79 Å². The molecule has 8 nitrogen and oxygen atoms in total. The highest BCUT2D eigenvalue weighted by Crippen LogP contribution is 2.33. The molecule has 1 aromatic heterocycles. The fourth-order valence-electron chi connectivity index (χ4n) is 3.10. The zero-order valence-corrected chi connectivity index (χ0v) is 16.9. The van der Waals surface area contributed by atoms with E-state index in [1.165, 1.54) is 0 Å². The highest BCUT2D eigenvalue weighted by Gasteiger charge is 2.17. The van der Waals surface area contributed by atoms with Gasteiger partial charge in [-0.1, -0.05) is 48.5 Å². The van der Waals surface area contributed by atoms with Crippen molar-refractivity contribution in [2.45, 2.75) is 12.8 Å². The molecule has 1 heterocycles. The lowest BCUT2D eigenvalue weighted by atomic mass is 10.0. The number of carbonyl (C=O) groups is 1. The van der Waals surface area contributed by atoms with Crippen molar-refractivity contribution in [1.29, 1.82) is 10.8 Å². The molecule has 0 bridgehead atoms. The second kappa shape index (κ2) is 9.73. The summed E-state index contributed by atoms with van der Waals surface area (Å²) in [5, 5.41) is 26.7. The Morgan fingerprint density at radius 2 is 1.48 bits per heavy atom. The fraction of sp³-hybridized carbons (Fsp3) is 0.174. The van der Waals surface area contributed by atoms with E-state index in [1.54, 1.807) is 36.4 Å². The molecular weight excluding hydrogens is 394 g/mol. The zero-order chi connectivity index (χ0) is 22.4. The molecule has 0 aliphatic rings. The lowest BCUT2D eigenvalue weighted by molar-refractivity contribution is -0.120. The molecule has 0 unspecified atom stereocenters. The van der Waals surface area contributed by atoms with Gasteiger partial charge in [0.2, 0.25) is 5.91 Å². The first kappa shape index (κ1) is 21.8. The minimum absolute atomic E-state index is 0.0140. The normalized spacial score (nSPS) is 10.6. The van der Waals surface area contributed by atoms with Crippen LogP contribution < -0.4 is 16.8 Å². The van der Waals surface area contributed by atoms with Crippen molar-refractivity contribution in [2.75, 3.05) is 13.2 Å². The number of amides is 1. The Kier molecular flexibility index (Phi) is 6.84. The van der Waals surface area contributed by atoms with E-state index in [0.29, 0.717) is 41.2 Å². The summed E-state index contributed by atoms with van der Waals surface area (Å²) < 4.78 is 6.12. The van der Waals surface area contributed by atoms with Crippen molar-refractivity contribution in [3.63, 3.8) is 0 Å². The van der Waals surface area contributed by atoms with Crippen molar-refractivity contribution in [1.82, 2.24) is 5.32 Å². The summed E-state index contributed by atoms with van der Waals surface area (Å²) in [6, 6.07) is 16.0. The minimum Gasteiger partial charge on any atom is -0.456 e. The number of nitrogen functional groups attached to an aromatic ring is 2. The van der Waals surface area contributed by atoms with Crippen LogP contribution in [-0.2, 0) is 11.2 Å². The number of benzene rings is 2. The number of hydrogen-bond acceptors (Lipinski definition) is 5. The molecule has 0 aliphatic heterocycles. The first-order chi connectivity index (χ1) is 14.9. The molecular formula is C23H25N5O3. The standard InChI is InChI=1S/C23H25N5O3/c24-22(25)16-6-2-14(3-7-16)19-12-18(13-20(30)28-10-1-11-29)21(31-19)15-4-8-17(9-5-15)23(26)27/h2-9,12,29H,1,10-11,13H2,(H3,24,25)(H3,26,27)(H,28,30). The summed E-state index contributed by atoms with van der Waals surface area (Å²) in [6.45, 7) is 0.412. The minimum atomic E-state index is -0.172. The van der Waals surface area contributed by atoms with Gasteiger partial charge in [-0.3, -0.25) is 15.6 Å². The quantitative estimate of drug-likeness (QED) is 0.178.